The summed E-state index contributed by atoms with van der Waals surface area (Å²) < 4.78 is 0. The fraction of sp³-hybridized carbons (Fsp3) is 0.600. The molecule has 1 amide bonds. The van der Waals surface area contributed by atoms with Crippen LogP contribution in [0.3, 0.4) is 0 Å². The van der Waals surface area contributed by atoms with E-state index in [9.17, 15) is 9.59 Å². The first kappa shape index (κ1) is 14.6. The minimum atomic E-state index is -1.02. The summed E-state index contributed by atoms with van der Waals surface area (Å²) in [6.07, 6.45) is 1.13. The van der Waals surface area contributed by atoms with Crippen LogP contribution in [-0.2, 0) is 0 Å². The lowest BCUT2D eigenvalue weighted by atomic mass is 9.91. The molecular weight excluding hydrogens is 256 g/mol. The van der Waals surface area contributed by atoms with Crippen LogP contribution in [0.2, 0.25) is 0 Å². The second kappa shape index (κ2) is 5.31. The number of rotatable bonds is 2. The number of likely N-dealkylation sites (tertiary alicyclic amines) is 1. The molecule has 2 rings (SSSR count). The van der Waals surface area contributed by atoms with Crippen molar-refractivity contribution in [1.82, 2.24) is 9.88 Å². The van der Waals surface area contributed by atoms with E-state index in [4.69, 9.17) is 5.11 Å². The predicted molar refractivity (Wildman–Crippen MR) is 76.1 cm³/mol. The summed E-state index contributed by atoms with van der Waals surface area (Å²) in [5, 5.41) is 9.12. The molecule has 1 aliphatic rings. The number of amides is 1. The second-order valence-corrected chi connectivity index (χ2v) is 6.09. The number of aromatic nitrogens is 1. The zero-order valence-corrected chi connectivity index (χ0v) is 12.5. The highest BCUT2D eigenvalue weighted by Crippen LogP contribution is 2.25. The smallest absolute Gasteiger partial charge is 0.352 e. The van der Waals surface area contributed by atoms with Crippen molar-refractivity contribution in [2.45, 2.75) is 34.1 Å². The maximum Gasteiger partial charge on any atom is 0.352 e. The highest BCUT2D eigenvalue weighted by atomic mass is 16.4. The molecule has 110 valence electrons. The number of carbonyl (C=O) groups excluding carboxylic acids is 1. The van der Waals surface area contributed by atoms with Gasteiger partial charge in [-0.25, -0.2) is 4.79 Å². The minimum absolute atomic E-state index is 0.0536. The van der Waals surface area contributed by atoms with Crippen LogP contribution in [0, 0.1) is 25.7 Å². The van der Waals surface area contributed by atoms with E-state index < -0.39 is 5.97 Å². The zero-order valence-electron chi connectivity index (χ0n) is 12.5. The number of nitrogens with zero attached hydrogens (tertiary/aromatic N) is 1. The standard InChI is InChI=1S/C15H22N2O3/c1-8-5-9(2)7-17(6-8)14(18)12-10(3)13(15(19)20)16-11(12)4/h8-9,16H,5-7H2,1-4H3,(H,19,20). The van der Waals surface area contributed by atoms with Gasteiger partial charge in [0.25, 0.3) is 5.91 Å². The molecule has 0 aromatic carbocycles. The number of carboxylic acid groups (broad SMARTS) is 1. The second-order valence-electron chi connectivity index (χ2n) is 6.09. The third-order valence-electron chi connectivity index (χ3n) is 4.02. The van der Waals surface area contributed by atoms with Crippen LogP contribution >= 0.6 is 0 Å². The SMILES string of the molecule is Cc1[nH]c(C(=O)O)c(C)c1C(=O)N1CC(C)CC(C)C1. The van der Waals surface area contributed by atoms with Crippen LogP contribution in [0.1, 0.15) is 52.4 Å². The fourth-order valence-electron chi connectivity index (χ4n) is 3.27. The third-order valence-corrected chi connectivity index (χ3v) is 4.02. The summed E-state index contributed by atoms with van der Waals surface area (Å²) in [6.45, 7) is 9.23. The van der Waals surface area contributed by atoms with Crippen LogP contribution < -0.4 is 0 Å². The van der Waals surface area contributed by atoms with Crippen LogP contribution in [0.15, 0.2) is 0 Å². The van der Waals surface area contributed by atoms with Gasteiger partial charge in [0.15, 0.2) is 0 Å². The van der Waals surface area contributed by atoms with Crippen molar-refractivity contribution >= 4 is 11.9 Å². The van der Waals surface area contributed by atoms with Crippen LogP contribution in [0.4, 0.5) is 0 Å². The van der Waals surface area contributed by atoms with E-state index >= 15 is 0 Å². The summed E-state index contributed by atoms with van der Waals surface area (Å²) in [5.41, 5.74) is 1.80. The molecule has 0 aliphatic carbocycles. The lowest BCUT2D eigenvalue weighted by molar-refractivity contribution is 0.0622. The summed E-state index contributed by atoms with van der Waals surface area (Å²) in [7, 11) is 0. The molecule has 0 radical (unpaired) electrons. The van der Waals surface area contributed by atoms with Crippen molar-refractivity contribution in [3.8, 4) is 0 Å². The molecule has 5 nitrogen and oxygen atoms in total. The van der Waals surface area contributed by atoms with Crippen LogP contribution in [-0.4, -0.2) is 40.0 Å². The molecule has 2 heterocycles. The molecule has 1 saturated heterocycles. The topological polar surface area (TPSA) is 73.4 Å². The van der Waals surface area contributed by atoms with E-state index in [1.165, 1.54) is 0 Å². The number of hydrogen-bond acceptors (Lipinski definition) is 2. The minimum Gasteiger partial charge on any atom is -0.477 e. The van der Waals surface area contributed by atoms with Gasteiger partial charge in [0.1, 0.15) is 5.69 Å². The van der Waals surface area contributed by atoms with Gasteiger partial charge < -0.3 is 15.0 Å². The van der Waals surface area contributed by atoms with E-state index in [1.54, 1.807) is 13.8 Å². The van der Waals surface area contributed by atoms with Crippen molar-refractivity contribution in [2.24, 2.45) is 11.8 Å². The maximum absolute atomic E-state index is 12.7. The van der Waals surface area contributed by atoms with Gasteiger partial charge in [-0.2, -0.15) is 0 Å². The molecule has 2 unspecified atom stereocenters. The number of H-pyrrole nitrogens is 1. The Bertz CT molecular complexity index is 538. The molecule has 2 atom stereocenters. The number of carbonyl (C=O) groups is 2. The highest BCUT2D eigenvalue weighted by Gasteiger charge is 2.30. The number of hydrogen-bond donors (Lipinski definition) is 2. The zero-order chi connectivity index (χ0) is 15.0. The Morgan fingerprint density at radius 2 is 1.75 bits per heavy atom. The predicted octanol–water partition coefficient (Wildman–Crippen LogP) is 2.45. The van der Waals surface area contributed by atoms with Crippen molar-refractivity contribution in [3.05, 3.63) is 22.5 Å². The molecule has 1 aromatic heterocycles. The molecule has 1 aliphatic heterocycles. The van der Waals surface area contributed by atoms with Gasteiger partial charge in [0.05, 0.1) is 5.56 Å². The van der Waals surface area contributed by atoms with Gasteiger partial charge in [-0.05, 0) is 37.7 Å². The quantitative estimate of drug-likeness (QED) is 0.872. The van der Waals surface area contributed by atoms with Crippen LogP contribution in [0.25, 0.3) is 0 Å². The largest absolute Gasteiger partial charge is 0.477 e. The average Bonchev–Trinajstić information content (AvgIpc) is 2.63. The Kier molecular flexibility index (Phi) is 3.88. The first-order valence-electron chi connectivity index (χ1n) is 7.03. The molecule has 5 heteroatoms. The van der Waals surface area contributed by atoms with Crippen molar-refractivity contribution in [2.75, 3.05) is 13.1 Å². The molecule has 0 saturated carbocycles. The van der Waals surface area contributed by atoms with Gasteiger partial charge in [-0.3, -0.25) is 4.79 Å². The Morgan fingerprint density at radius 3 is 2.20 bits per heavy atom. The summed E-state index contributed by atoms with van der Waals surface area (Å²) in [6, 6.07) is 0. The van der Waals surface area contributed by atoms with E-state index in [0.29, 0.717) is 28.7 Å². The number of piperidine rings is 1. The molecular formula is C15H22N2O3. The van der Waals surface area contributed by atoms with Gasteiger partial charge >= 0.3 is 5.97 Å². The monoisotopic (exact) mass is 278 g/mol. The summed E-state index contributed by atoms with van der Waals surface area (Å²) >= 11 is 0. The molecule has 1 fully saturated rings. The Morgan fingerprint density at radius 1 is 1.20 bits per heavy atom. The normalized spacial score (nSPS) is 22.9. The van der Waals surface area contributed by atoms with E-state index in [1.807, 2.05) is 4.90 Å². The van der Waals surface area contributed by atoms with E-state index in [2.05, 4.69) is 18.8 Å². The van der Waals surface area contributed by atoms with Gasteiger partial charge in [-0.15, -0.1) is 0 Å². The number of nitrogens with one attached hydrogen (secondary N) is 1. The fourth-order valence-corrected chi connectivity index (χ4v) is 3.27. The van der Waals surface area contributed by atoms with Gasteiger partial charge in [0.2, 0.25) is 0 Å². The first-order chi connectivity index (χ1) is 9.31. The summed E-state index contributed by atoms with van der Waals surface area (Å²) in [4.78, 5) is 28.5. The molecule has 0 spiro atoms. The van der Waals surface area contributed by atoms with Crippen molar-refractivity contribution in [3.63, 3.8) is 0 Å². The van der Waals surface area contributed by atoms with E-state index in [-0.39, 0.29) is 11.6 Å². The number of aromatic amines is 1. The lowest BCUT2D eigenvalue weighted by Gasteiger charge is -2.35. The lowest BCUT2D eigenvalue weighted by Crippen LogP contribution is -2.42. The average molecular weight is 278 g/mol. The number of carboxylic acids is 1. The third kappa shape index (κ3) is 2.57. The molecule has 20 heavy (non-hydrogen) atoms. The van der Waals surface area contributed by atoms with Crippen molar-refractivity contribution < 1.29 is 14.7 Å². The van der Waals surface area contributed by atoms with E-state index in [0.717, 1.165) is 19.5 Å². The number of aromatic carboxylic acids is 1. The molecule has 1 aromatic rings. The Balaban J connectivity index is 2.32. The highest BCUT2D eigenvalue weighted by molar-refractivity contribution is 6.00. The number of aryl methyl sites for hydroxylation is 1. The molecule has 0 bridgehead atoms. The maximum atomic E-state index is 12.7. The van der Waals surface area contributed by atoms with Gasteiger partial charge in [-0.1, -0.05) is 13.8 Å². The Hall–Kier alpha value is -1.78. The summed E-state index contributed by atoms with van der Waals surface area (Å²) in [5.74, 6) is -0.102. The van der Waals surface area contributed by atoms with Gasteiger partial charge in [0, 0.05) is 18.8 Å². The molecule has 2 N–H and O–H groups in total. The first-order valence-corrected chi connectivity index (χ1v) is 7.03. The van der Waals surface area contributed by atoms with Crippen LogP contribution in [0.5, 0.6) is 0 Å². The van der Waals surface area contributed by atoms with Crippen molar-refractivity contribution in [1.29, 1.82) is 0 Å². The Labute approximate surface area is 119 Å².